The van der Waals surface area contributed by atoms with Gasteiger partial charge in [-0.05, 0) is 24.5 Å². The molecule has 1 saturated heterocycles. The first-order chi connectivity index (χ1) is 7.27. The zero-order valence-electron chi connectivity index (χ0n) is 8.46. The second-order valence-corrected chi connectivity index (χ2v) is 5.35. The van der Waals surface area contributed by atoms with Gasteiger partial charge in [0, 0.05) is 22.4 Å². The molecule has 2 rings (SSSR count). The second kappa shape index (κ2) is 5.33. The van der Waals surface area contributed by atoms with Crippen LogP contribution in [0.4, 0.5) is 0 Å². The van der Waals surface area contributed by atoms with Gasteiger partial charge in [-0.15, -0.1) is 11.6 Å². The van der Waals surface area contributed by atoms with Gasteiger partial charge in [-0.2, -0.15) is 0 Å². The molecule has 0 spiro atoms. The summed E-state index contributed by atoms with van der Waals surface area (Å²) >= 11 is 9.85. The lowest BCUT2D eigenvalue weighted by Gasteiger charge is -2.27. The highest BCUT2D eigenvalue weighted by molar-refractivity contribution is 9.10. The minimum Gasteiger partial charge on any atom is -0.381 e. The van der Waals surface area contributed by atoms with Gasteiger partial charge in [-0.3, -0.25) is 0 Å². The standard InChI is InChI=1S/C12H14BrClO/c13-11-4-2-1-3-9(11)7-10-8-15-6-5-12(10)14/h1-4,10,12H,5-8H2. The maximum atomic E-state index is 6.29. The van der Waals surface area contributed by atoms with E-state index in [0.29, 0.717) is 5.92 Å². The molecule has 0 amide bonds. The molecular weight excluding hydrogens is 275 g/mol. The number of hydrogen-bond donors (Lipinski definition) is 0. The smallest absolute Gasteiger partial charge is 0.0511 e. The summed E-state index contributed by atoms with van der Waals surface area (Å²) in [5, 5.41) is 0.255. The van der Waals surface area contributed by atoms with Crippen molar-refractivity contribution in [2.75, 3.05) is 13.2 Å². The third kappa shape index (κ3) is 2.96. The molecule has 2 atom stereocenters. The molecule has 1 aliphatic rings. The van der Waals surface area contributed by atoms with Crippen molar-refractivity contribution in [3.8, 4) is 0 Å². The quantitative estimate of drug-likeness (QED) is 0.755. The van der Waals surface area contributed by atoms with Crippen LogP contribution in [0.5, 0.6) is 0 Å². The Bertz CT molecular complexity index is 329. The first-order valence-corrected chi connectivity index (χ1v) is 6.45. The Hall–Kier alpha value is -0.0500. The van der Waals surface area contributed by atoms with Crippen molar-refractivity contribution >= 4 is 27.5 Å². The molecule has 1 fully saturated rings. The van der Waals surface area contributed by atoms with Crippen LogP contribution < -0.4 is 0 Å². The van der Waals surface area contributed by atoms with Crippen LogP contribution in [0.1, 0.15) is 12.0 Å². The monoisotopic (exact) mass is 288 g/mol. The fourth-order valence-electron chi connectivity index (χ4n) is 1.90. The van der Waals surface area contributed by atoms with E-state index < -0.39 is 0 Å². The highest BCUT2D eigenvalue weighted by Crippen LogP contribution is 2.27. The number of alkyl halides is 1. The van der Waals surface area contributed by atoms with Crippen LogP contribution in [0.2, 0.25) is 0 Å². The summed E-state index contributed by atoms with van der Waals surface area (Å²) in [6, 6.07) is 8.31. The number of ether oxygens (including phenoxy) is 1. The molecule has 82 valence electrons. The van der Waals surface area contributed by atoms with Gasteiger partial charge >= 0.3 is 0 Å². The highest BCUT2D eigenvalue weighted by Gasteiger charge is 2.24. The average Bonchev–Trinajstić information content (AvgIpc) is 2.24. The molecule has 1 nitrogen and oxygen atoms in total. The maximum absolute atomic E-state index is 6.29. The van der Waals surface area contributed by atoms with E-state index in [4.69, 9.17) is 16.3 Å². The lowest BCUT2D eigenvalue weighted by atomic mass is 9.94. The summed E-state index contributed by atoms with van der Waals surface area (Å²) in [7, 11) is 0. The molecule has 1 heterocycles. The van der Waals surface area contributed by atoms with Crippen molar-refractivity contribution in [3.63, 3.8) is 0 Å². The van der Waals surface area contributed by atoms with Gasteiger partial charge in [-0.1, -0.05) is 34.1 Å². The van der Waals surface area contributed by atoms with E-state index in [9.17, 15) is 0 Å². The minimum absolute atomic E-state index is 0.255. The van der Waals surface area contributed by atoms with Gasteiger partial charge in [0.15, 0.2) is 0 Å². The molecule has 0 radical (unpaired) electrons. The largest absolute Gasteiger partial charge is 0.381 e. The van der Waals surface area contributed by atoms with Crippen LogP contribution >= 0.6 is 27.5 Å². The summed E-state index contributed by atoms with van der Waals surface area (Å²) in [6.45, 7) is 1.59. The molecule has 15 heavy (non-hydrogen) atoms. The topological polar surface area (TPSA) is 9.23 Å². The fraction of sp³-hybridized carbons (Fsp3) is 0.500. The third-order valence-corrected chi connectivity index (χ3v) is 4.17. The van der Waals surface area contributed by atoms with E-state index in [0.717, 1.165) is 26.1 Å². The molecule has 0 saturated carbocycles. The van der Waals surface area contributed by atoms with Gasteiger partial charge in [0.1, 0.15) is 0 Å². The summed E-state index contributed by atoms with van der Waals surface area (Å²) in [5.74, 6) is 0.444. The average molecular weight is 290 g/mol. The van der Waals surface area contributed by atoms with Crippen molar-refractivity contribution < 1.29 is 4.74 Å². The van der Waals surface area contributed by atoms with Crippen LogP contribution in [0.25, 0.3) is 0 Å². The minimum atomic E-state index is 0.255. The highest BCUT2D eigenvalue weighted by atomic mass is 79.9. The van der Waals surface area contributed by atoms with Crippen molar-refractivity contribution in [1.82, 2.24) is 0 Å². The van der Waals surface area contributed by atoms with Crippen LogP contribution in [-0.4, -0.2) is 18.6 Å². The molecule has 0 bridgehead atoms. The number of halogens is 2. The van der Waals surface area contributed by atoms with Crippen molar-refractivity contribution in [3.05, 3.63) is 34.3 Å². The molecule has 3 heteroatoms. The predicted octanol–water partition coefficient (Wildman–Crippen LogP) is 3.64. The van der Waals surface area contributed by atoms with Crippen molar-refractivity contribution in [2.24, 2.45) is 5.92 Å². The van der Waals surface area contributed by atoms with Crippen LogP contribution in [-0.2, 0) is 11.2 Å². The predicted molar refractivity (Wildman–Crippen MR) is 66.4 cm³/mol. The lowest BCUT2D eigenvalue weighted by Crippen LogP contribution is -2.29. The molecule has 0 N–H and O–H groups in total. The second-order valence-electron chi connectivity index (χ2n) is 3.94. The molecule has 1 aromatic carbocycles. The van der Waals surface area contributed by atoms with Crippen LogP contribution in [0.3, 0.4) is 0 Å². The molecule has 1 aromatic rings. The van der Waals surface area contributed by atoms with E-state index in [2.05, 4.69) is 34.1 Å². The summed E-state index contributed by atoms with van der Waals surface area (Å²) in [5.41, 5.74) is 1.32. The normalized spacial score (nSPS) is 26.5. The fourth-order valence-corrected chi connectivity index (χ4v) is 2.60. The molecular formula is C12H14BrClO. The third-order valence-electron chi connectivity index (χ3n) is 2.82. The van der Waals surface area contributed by atoms with Gasteiger partial charge in [0.25, 0.3) is 0 Å². The van der Waals surface area contributed by atoms with Crippen molar-refractivity contribution in [1.29, 1.82) is 0 Å². The van der Waals surface area contributed by atoms with E-state index in [-0.39, 0.29) is 5.38 Å². The maximum Gasteiger partial charge on any atom is 0.0511 e. The Morgan fingerprint density at radius 1 is 1.40 bits per heavy atom. The number of rotatable bonds is 2. The Morgan fingerprint density at radius 3 is 2.93 bits per heavy atom. The van der Waals surface area contributed by atoms with E-state index in [1.807, 2.05) is 6.07 Å². The summed E-state index contributed by atoms with van der Waals surface area (Å²) in [4.78, 5) is 0. The molecule has 0 aromatic heterocycles. The molecule has 0 aliphatic carbocycles. The van der Waals surface area contributed by atoms with Crippen LogP contribution in [0.15, 0.2) is 28.7 Å². The zero-order valence-corrected chi connectivity index (χ0v) is 10.8. The van der Waals surface area contributed by atoms with Crippen molar-refractivity contribution in [2.45, 2.75) is 18.2 Å². The number of benzene rings is 1. The van der Waals surface area contributed by atoms with E-state index >= 15 is 0 Å². The first kappa shape index (κ1) is 11.4. The van der Waals surface area contributed by atoms with Gasteiger partial charge < -0.3 is 4.74 Å². The van der Waals surface area contributed by atoms with Crippen LogP contribution in [0, 0.1) is 5.92 Å². The SMILES string of the molecule is ClC1CCOCC1Cc1ccccc1Br. The Morgan fingerprint density at radius 2 is 2.20 bits per heavy atom. The number of hydrogen-bond acceptors (Lipinski definition) is 1. The Balaban J connectivity index is 2.04. The Kier molecular flexibility index (Phi) is 4.06. The van der Waals surface area contributed by atoms with E-state index in [1.165, 1.54) is 10.0 Å². The Labute approximate surface area is 104 Å². The van der Waals surface area contributed by atoms with E-state index in [1.54, 1.807) is 0 Å². The lowest BCUT2D eigenvalue weighted by molar-refractivity contribution is 0.0577. The summed E-state index contributed by atoms with van der Waals surface area (Å²) in [6.07, 6.45) is 1.96. The molecule has 2 unspecified atom stereocenters. The van der Waals surface area contributed by atoms with Gasteiger partial charge in [0.05, 0.1) is 6.61 Å². The summed E-state index contributed by atoms with van der Waals surface area (Å²) < 4.78 is 6.63. The first-order valence-electron chi connectivity index (χ1n) is 5.22. The zero-order chi connectivity index (χ0) is 10.7. The van der Waals surface area contributed by atoms with Gasteiger partial charge in [-0.25, -0.2) is 0 Å². The van der Waals surface area contributed by atoms with Gasteiger partial charge in [0.2, 0.25) is 0 Å². The molecule has 1 aliphatic heterocycles.